The number of carboxylic acid groups (broad SMARTS) is 1. The monoisotopic (exact) mass is 142 g/mol. The van der Waals surface area contributed by atoms with Crippen molar-refractivity contribution < 1.29 is 9.90 Å². The van der Waals surface area contributed by atoms with Gasteiger partial charge < -0.3 is 5.11 Å². The van der Waals surface area contributed by atoms with E-state index in [4.69, 9.17) is 5.11 Å². The second-order valence-corrected chi connectivity index (χ2v) is 3.09. The minimum atomic E-state index is -0.773. The lowest BCUT2D eigenvalue weighted by Gasteiger charge is -2.24. The highest BCUT2D eigenvalue weighted by atomic mass is 16.4. The molecule has 0 heterocycles. The molecule has 1 unspecified atom stereocenters. The zero-order valence-electron chi connectivity index (χ0n) is 6.72. The Morgan fingerprint density at radius 3 is 2.20 bits per heavy atom. The van der Waals surface area contributed by atoms with Gasteiger partial charge in [-0.2, -0.15) is 0 Å². The minimum Gasteiger partial charge on any atom is -0.481 e. The molecule has 0 amide bonds. The van der Waals surface area contributed by atoms with E-state index in [0.29, 0.717) is 0 Å². The molecule has 2 heteroatoms. The molecule has 0 radical (unpaired) electrons. The average Bonchev–Trinajstić information content (AvgIpc) is 1.86. The molecule has 0 rings (SSSR count). The van der Waals surface area contributed by atoms with E-state index in [1.165, 1.54) is 0 Å². The van der Waals surface area contributed by atoms with Gasteiger partial charge >= 0.3 is 5.97 Å². The Hall–Kier alpha value is -0.790. The van der Waals surface area contributed by atoms with Crippen LogP contribution in [0.15, 0.2) is 12.7 Å². The second-order valence-electron chi connectivity index (χ2n) is 3.09. The Labute approximate surface area is 61.6 Å². The number of hydrogen-bond acceptors (Lipinski definition) is 1. The molecular formula is C8H14O2. The van der Waals surface area contributed by atoms with Crippen LogP contribution in [0.5, 0.6) is 0 Å². The summed E-state index contributed by atoms with van der Waals surface area (Å²) in [5.41, 5.74) is -0.314. The minimum absolute atomic E-state index is 0.314. The molecule has 0 aliphatic rings. The highest BCUT2D eigenvalue weighted by Gasteiger charge is 2.27. The highest BCUT2D eigenvalue weighted by molar-refractivity contribution is 5.70. The third-order valence-electron chi connectivity index (χ3n) is 2.01. The number of carbonyl (C=O) groups is 1. The van der Waals surface area contributed by atoms with Crippen LogP contribution in [0.25, 0.3) is 0 Å². The van der Waals surface area contributed by atoms with Crippen molar-refractivity contribution in [3.63, 3.8) is 0 Å². The first kappa shape index (κ1) is 9.21. The van der Waals surface area contributed by atoms with Crippen molar-refractivity contribution in [3.8, 4) is 0 Å². The summed E-state index contributed by atoms with van der Waals surface area (Å²) in [5, 5.41) is 8.60. The van der Waals surface area contributed by atoms with E-state index < -0.39 is 5.97 Å². The molecule has 0 bridgehead atoms. The van der Waals surface area contributed by atoms with Crippen molar-refractivity contribution in [3.05, 3.63) is 12.7 Å². The average molecular weight is 142 g/mol. The predicted octanol–water partition coefficient (Wildman–Crippen LogP) is 1.92. The van der Waals surface area contributed by atoms with Crippen LogP contribution in [-0.4, -0.2) is 11.1 Å². The molecule has 0 fully saturated rings. The molecule has 0 spiro atoms. The van der Waals surface area contributed by atoms with Crippen LogP contribution in [0, 0.1) is 11.3 Å². The molecular weight excluding hydrogens is 128 g/mol. The Balaban J connectivity index is 4.31. The van der Waals surface area contributed by atoms with E-state index in [1.807, 2.05) is 13.8 Å². The lowest BCUT2D eigenvalue weighted by atomic mass is 9.80. The van der Waals surface area contributed by atoms with Gasteiger partial charge in [0, 0.05) is 0 Å². The van der Waals surface area contributed by atoms with E-state index in [9.17, 15) is 4.79 Å². The summed E-state index contributed by atoms with van der Waals surface area (Å²) < 4.78 is 0. The lowest BCUT2D eigenvalue weighted by molar-refractivity contribution is -0.143. The first-order chi connectivity index (χ1) is 4.41. The topological polar surface area (TPSA) is 37.3 Å². The van der Waals surface area contributed by atoms with E-state index in [2.05, 4.69) is 6.58 Å². The zero-order valence-corrected chi connectivity index (χ0v) is 6.72. The Morgan fingerprint density at radius 2 is 2.10 bits per heavy atom. The molecule has 0 aliphatic heterocycles. The number of hydrogen-bond donors (Lipinski definition) is 1. The fourth-order valence-corrected chi connectivity index (χ4v) is 0.495. The van der Waals surface area contributed by atoms with Crippen molar-refractivity contribution >= 4 is 5.97 Å². The molecule has 0 aromatic carbocycles. The molecule has 0 aliphatic carbocycles. The summed E-state index contributed by atoms with van der Waals surface area (Å²) in [4.78, 5) is 10.5. The second kappa shape index (κ2) is 2.86. The van der Waals surface area contributed by atoms with Gasteiger partial charge in [-0.25, -0.2) is 0 Å². The Bertz CT molecular complexity index is 147. The molecule has 2 nitrogen and oxygen atoms in total. The molecule has 58 valence electrons. The standard InChI is InChI=1S/C8H14O2/c1-5-8(3,4)6(2)7(9)10/h5-6H,1H2,2-4H3,(H,9,10). The molecule has 0 saturated heterocycles. The van der Waals surface area contributed by atoms with E-state index in [0.717, 1.165) is 0 Å². The zero-order chi connectivity index (χ0) is 8.36. The van der Waals surface area contributed by atoms with Crippen LogP contribution in [-0.2, 0) is 4.79 Å². The van der Waals surface area contributed by atoms with Crippen molar-refractivity contribution in [2.24, 2.45) is 11.3 Å². The largest absolute Gasteiger partial charge is 0.481 e. The lowest BCUT2D eigenvalue weighted by Crippen LogP contribution is -2.26. The van der Waals surface area contributed by atoms with Crippen LogP contribution >= 0.6 is 0 Å². The summed E-state index contributed by atoms with van der Waals surface area (Å²) in [6.07, 6.45) is 1.67. The summed E-state index contributed by atoms with van der Waals surface area (Å²) in [6.45, 7) is 8.98. The number of allylic oxidation sites excluding steroid dienone is 1. The van der Waals surface area contributed by atoms with Gasteiger partial charge in [0.25, 0.3) is 0 Å². The first-order valence-corrected chi connectivity index (χ1v) is 3.28. The quantitative estimate of drug-likeness (QED) is 0.611. The van der Waals surface area contributed by atoms with Gasteiger partial charge in [-0.1, -0.05) is 26.8 Å². The van der Waals surface area contributed by atoms with Gasteiger partial charge in [-0.15, -0.1) is 6.58 Å². The Kier molecular flexibility index (Phi) is 2.64. The number of aliphatic carboxylic acids is 1. The van der Waals surface area contributed by atoms with Crippen molar-refractivity contribution in [2.75, 3.05) is 0 Å². The van der Waals surface area contributed by atoms with Crippen molar-refractivity contribution in [1.82, 2.24) is 0 Å². The maximum Gasteiger partial charge on any atom is 0.307 e. The summed E-state index contributed by atoms with van der Waals surface area (Å²) in [7, 11) is 0. The van der Waals surface area contributed by atoms with E-state index >= 15 is 0 Å². The molecule has 10 heavy (non-hydrogen) atoms. The molecule has 0 aromatic heterocycles. The van der Waals surface area contributed by atoms with Gasteiger partial charge in [0.2, 0.25) is 0 Å². The molecule has 1 N–H and O–H groups in total. The van der Waals surface area contributed by atoms with Gasteiger partial charge in [-0.3, -0.25) is 4.79 Å². The summed E-state index contributed by atoms with van der Waals surface area (Å²) in [6, 6.07) is 0. The van der Waals surface area contributed by atoms with Gasteiger partial charge in [0.15, 0.2) is 0 Å². The van der Waals surface area contributed by atoms with Gasteiger partial charge in [-0.05, 0) is 5.41 Å². The summed E-state index contributed by atoms with van der Waals surface area (Å²) >= 11 is 0. The van der Waals surface area contributed by atoms with Crippen LogP contribution in [0.4, 0.5) is 0 Å². The normalized spacial score (nSPS) is 14.3. The smallest absolute Gasteiger partial charge is 0.307 e. The van der Waals surface area contributed by atoms with Crippen LogP contribution in [0.3, 0.4) is 0 Å². The molecule has 0 saturated carbocycles. The first-order valence-electron chi connectivity index (χ1n) is 3.28. The molecule has 1 atom stereocenters. The third kappa shape index (κ3) is 1.87. The van der Waals surface area contributed by atoms with Crippen molar-refractivity contribution in [2.45, 2.75) is 20.8 Å². The third-order valence-corrected chi connectivity index (χ3v) is 2.01. The van der Waals surface area contributed by atoms with Gasteiger partial charge in [0.05, 0.1) is 5.92 Å². The van der Waals surface area contributed by atoms with Crippen LogP contribution in [0.2, 0.25) is 0 Å². The predicted molar refractivity (Wildman–Crippen MR) is 40.8 cm³/mol. The highest BCUT2D eigenvalue weighted by Crippen LogP contribution is 2.27. The van der Waals surface area contributed by atoms with E-state index in [-0.39, 0.29) is 11.3 Å². The maximum atomic E-state index is 10.5. The molecule has 0 aromatic rings. The summed E-state index contributed by atoms with van der Waals surface area (Å²) in [5.74, 6) is -1.14. The van der Waals surface area contributed by atoms with Gasteiger partial charge in [0.1, 0.15) is 0 Å². The number of rotatable bonds is 3. The maximum absolute atomic E-state index is 10.5. The Morgan fingerprint density at radius 1 is 1.70 bits per heavy atom. The number of carboxylic acids is 1. The van der Waals surface area contributed by atoms with E-state index in [1.54, 1.807) is 13.0 Å². The fourth-order valence-electron chi connectivity index (χ4n) is 0.495. The van der Waals surface area contributed by atoms with Crippen LogP contribution < -0.4 is 0 Å². The SMILES string of the molecule is C=CC(C)(C)C(C)C(=O)O. The fraction of sp³-hybridized carbons (Fsp3) is 0.625. The van der Waals surface area contributed by atoms with Crippen LogP contribution in [0.1, 0.15) is 20.8 Å². The van der Waals surface area contributed by atoms with Crippen molar-refractivity contribution in [1.29, 1.82) is 0 Å².